The Morgan fingerprint density at radius 2 is 1.56 bits per heavy atom. The van der Waals surface area contributed by atoms with Gasteiger partial charge in [-0.25, -0.2) is 13.1 Å². The van der Waals surface area contributed by atoms with Gasteiger partial charge in [0.15, 0.2) is 4.90 Å². The molecule has 0 fully saturated rings. The zero-order chi connectivity index (χ0) is 19.9. The number of nitro benzene ring substituents is 1. The maximum atomic E-state index is 12.6. The Morgan fingerprint density at radius 1 is 0.963 bits per heavy atom. The lowest BCUT2D eigenvalue weighted by Crippen LogP contribution is -2.28. The Labute approximate surface area is 157 Å². The molecule has 27 heavy (non-hydrogen) atoms. The lowest BCUT2D eigenvalue weighted by Gasteiger charge is -2.14. The summed E-state index contributed by atoms with van der Waals surface area (Å²) in [5, 5.41) is 30.0. The lowest BCUT2D eigenvalue weighted by molar-refractivity contribution is -0.387. The second-order valence-electron chi connectivity index (χ2n) is 5.74. The van der Waals surface area contributed by atoms with Gasteiger partial charge in [-0.1, -0.05) is 42.5 Å². The molecule has 0 radical (unpaired) electrons. The third kappa shape index (κ3) is 5.44. The molecule has 0 spiro atoms. The predicted molar refractivity (Wildman–Crippen MR) is 99.6 cm³/mol. The van der Waals surface area contributed by atoms with Crippen LogP contribution < -0.4 is 4.72 Å². The van der Waals surface area contributed by atoms with Crippen molar-refractivity contribution in [3.8, 4) is 0 Å². The average Bonchev–Trinajstić information content (AvgIpc) is 2.67. The van der Waals surface area contributed by atoms with E-state index in [9.17, 15) is 28.7 Å². The fourth-order valence-corrected chi connectivity index (χ4v) is 3.72. The summed E-state index contributed by atoms with van der Waals surface area (Å²) < 4.78 is 27.4. The van der Waals surface area contributed by atoms with Crippen LogP contribution in [0.3, 0.4) is 0 Å². The largest absolute Gasteiger partial charge is 0.392 e. The Morgan fingerprint density at radius 3 is 2.15 bits per heavy atom. The van der Waals surface area contributed by atoms with E-state index < -0.39 is 38.7 Å². The number of hydrogen-bond donors (Lipinski definition) is 3. The molecule has 2 aromatic rings. The molecule has 0 aromatic heterocycles. The Balaban J connectivity index is 2.29. The molecular weight excluding hydrogens is 372 g/mol. The average molecular weight is 392 g/mol. The van der Waals surface area contributed by atoms with E-state index in [1.54, 1.807) is 0 Å². The lowest BCUT2D eigenvalue weighted by atomic mass is 10.0. The molecule has 0 saturated carbocycles. The molecule has 0 unspecified atom stereocenters. The molecule has 9 heteroatoms. The molecule has 3 N–H and O–H groups in total. The smallest absolute Gasteiger partial charge is 0.289 e. The molecule has 2 rings (SSSR count). The number of rotatable bonds is 9. The van der Waals surface area contributed by atoms with Gasteiger partial charge in [-0.3, -0.25) is 10.1 Å². The molecule has 0 aliphatic heterocycles. The summed E-state index contributed by atoms with van der Waals surface area (Å²) in [6.07, 6.45) is 0.316. The van der Waals surface area contributed by atoms with Crippen molar-refractivity contribution in [2.45, 2.75) is 11.3 Å². The van der Waals surface area contributed by atoms with Crippen LogP contribution in [0.5, 0.6) is 0 Å². The van der Waals surface area contributed by atoms with Crippen LogP contribution >= 0.6 is 0 Å². The maximum absolute atomic E-state index is 12.6. The van der Waals surface area contributed by atoms with Gasteiger partial charge in [0.05, 0.1) is 18.1 Å². The van der Waals surface area contributed by atoms with E-state index >= 15 is 0 Å². The summed E-state index contributed by atoms with van der Waals surface area (Å²) in [4.78, 5) is 9.88. The molecule has 0 atom stereocenters. The maximum Gasteiger partial charge on any atom is 0.289 e. The molecule has 8 nitrogen and oxygen atoms in total. The first kappa shape index (κ1) is 20.7. The van der Waals surface area contributed by atoms with Gasteiger partial charge in [0.1, 0.15) is 0 Å². The number of hydrogen-bond acceptors (Lipinski definition) is 6. The number of para-hydroxylation sites is 1. The van der Waals surface area contributed by atoms with Gasteiger partial charge in [-0.05, 0) is 29.2 Å². The van der Waals surface area contributed by atoms with Crippen LogP contribution in [0.4, 0.5) is 5.69 Å². The number of nitro groups is 1. The first-order chi connectivity index (χ1) is 12.9. The van der Waals surface area contributed by atoms with Crippen molar-refractivity contribution in [1.29, 1.82) is 0 Å². The Hall–Kier alpha value is -2.59. The quantitative estimate of drug-likeness (QED) is 0.336. The Kier molecular flexibility index (Phi) is 7.19. The van der Waals surface area contributed by atoms with Gasteiger partial charge < -0.3 is 10.2 Å². The molecule has 0 aliphatic carbocycles. The summed E-state index contributed by atoms with van der Waals surface area (Å²) >= 11 is 0. The van der Waals surface area contributed by atoms with E-state index in [-0.39, 0.29) is 6.54 Å². The highest BCUT2D eigenvalue weighted by Gasteiger charge is 2.25. The van der Waals surface area contributed by atoms with Crippen molar-refractivity contribution < 1.29 is 23.6 Å². The molecular formula is C18H20N2O6S. The fourth-order valence-electron chi connectivity index (χ4n) is 2.52. The van der Waals surface area contributed by atoms with Crippen LogP contribution in [-0.2, 0) is 16.4 Å². The van der Waals surface area contributed by atoms with Crippen LogP contribution in [0.25, 0.3) is 0 Å². The summed E-state index contributed by atoms with van der Waals surface area (Å²) in [5.74, 6) is 0. The molecule has 144 valence electrons. The summed E-state index contributed by atoms with van der Waals surface area (Å²) in [7, 11) is -4.16. The van der Waals surface area contributed by atoms with Crippen molar-refractivity contribution in [3.05, 3.63) is 81.4 Å². The number of benzene rings is 2. The van der Waals surface area contributed by atoms with Gasteiger partial charge in [0, 0.05) is 12.6 Å². The monoisotopic (exact) mass is 392 g/mol. The predicted octanol–water partition coefficient (Wildman–Crippen LogP) is 1.40. The normalized spacial score (nSPS) is 11.2. The van der Waals surface area contributed by atoms with E-state index in [0.29, 0.717) is 17.6 Å². The summed E-state index contributed by atoms with van der Waals surface area (Å²) in [5.41, 5.74) is 1.14. The molecule has 0 bridgehead atoms. The molecule has 0 aliphatic rings. The number of aliphatic hydroxyl groups excluding tert-OH is 2. The van der Waals surface area contributed by atoms with Crippen LogP contribution in [-0.4, -0.2) is 43.3 Å². The van der Waals surface area contributed by atoms with Crippen molar-refractivity contribution >= 4 is 15.7 Å². The molecule has 0 heterocycles. The first-order valence-corrected chi connectivity index (χ1v) is 9.56. The first-order valence-electron chi connectivity index (χ1n) is 8.07. The third-order valence-corrected chi connectivity index (χ3v) is 5.42. The van der Waals surface area contributed by atoms with E-state index in [1.807, 2.05) is 30.3 Å². The highest BCUT2D eigenvalue weighted by Crippen LogP contribution is 2.23. The molecule has 0 amide bonds. The van der Waals surface area contributed by atoms with Crippen molar-refractivity contribution in [2.75, 3.05) is 19.8 Å². The highest BCUT2D eigenvalue weighted by atomic mass is 32.2. The second kappa shape index (κ2) is 9.38. The van der Waals surface area contributed by atoms with Gasteiger partial charge in [0.25, 0.3) is 5.69 Å². The zero-order valence-corrected chi connectivity index (χ0v) is 15.2. The third-order valence-electron chi connectivity index (χ3n) is 3.97. The number of nitrogens with zero attached hydrogens (tertiary/aromatic N) is 1. The van der Waals surface area contributed by atoms with E-state index in [0.717, 1.165) is 17.7 Å². The number of nitrogens with one attached hydrogen (secondary N) is 1. The van der Waals surface area contributed by atoms with Gasteiger partial charge in [-0.15, -0.1) is 0 Å². The molecule has 0 saturated heterocycles. The SMILES string of the molecule is O=[N+]([O-])c1ccccc1S(=O)(=O)NCC(Cc1ccccc1)=C(CO)CO. The summed E-state index contributed by atoms with van der Waals surface area (Å²) in [6.45, 7) is -1.04. The molecule has 2 aromatic carbocycles. The van der Waals surface area contributed by atoms with Crippen LogP contribution in [0.1, 0.15) is 5.56 Å². The Bertz CT molecular complexity index is 920. The van der Waals surface area contributed by atoms with Crippen LogP contribution in [0.2, 0.25) is 0 Å². The minimum absolute atomic E-state index is 0.195. The zero-order valence-electron chi connectivity index (χ0n) is 14.4. The van der Waals surface area contributed by atoms with Gasteiger partial charge >= 0.3 is 0 Å². The van der Waals surface area contributed by atoms with Crippen LogP contribution in [0, 0.1) is 10.1 Å². The van der Waals surface area contributed by atoms with Crippen molar-refractivity contribution in [2.24, 2.45) is 0 Å². The highest BCUT2D eigenvalue weighted by molar-refractivity contribution is 7.89. The standard InChI is InChI=1S/C18H20N2O6S/c21-12-16(13-22)15(10-14-6-2-1-3-7-14)11-19-27(25,26)18-9-5-4-8-17(18)20(23)24/h1-9,19,21-22H,10-13H2. The summed E-state index contributed by atoms with van der Waals surface area (Å²) in [6, 6.07) is 14.2. The van der Waals surface area contributed by atoms with Gasteiger partial charge in [0.2, 0.25) is 10.0 Å². The van der Waals surface area contributed by atoms with E-state index in [4.69, 9.17) is 0 Å². The van der Waals surface area contributed by atoms with Crippen molar-refractivity contribution in [3.63, 3.8) is 0 Å². The minimum atomic E-state index is -4.16. The second-order valence-corrected chi connectivity index (χ2v) is 7.47. The minimum Gasteiger partial charge on any atom is -0.392 e. The van der Waals surface area contributed by atoms with Gasteiger partial charge in [-0.2, -0.15) is 0 Å². The van der Waals surface area contributed by atoms with E-state index in [1.165, 1.54) is 12.1 Å². The number of sulfonamides is 1. The fraction of sp³-hybridized carbons (Fsp3) is 0.222. The van der Waals surface area contributed by atoms with Crippen molar-refractivity contribution in [1.82, 2.24) is 4.72 Å². The van der Waals surface area contributed by atoms with Crippen LogP contribution in [0.15, 0.2) is 70.6 Å². The topological polar surface area (TPSA) is 130 Å². The number of aliphatic hydroxyl groups is 2. The van der Waals surface area contributed by atoms with E-state index in [2.05, 4.69) is 4.72 Å².